The maximum Gasteiger partial charge on any atom is 0.223 e. The molecule has 1 aliphatic carbocycles. The summed E-state index contributed by atoms with van der Waals surface area (Å²) < 4.78 is 1.05. The van der Waals surface area contributed by atoms with Crippen LogP contribution in [0.2, 0.25) is 0 Å². The third kappa shape index (κ3) is 4.76. The first-order valence-corrected chi connectivity index (χ1v) is 7.67. The second-order valence-electron chi connectivity index (χ2n) is 5.41. The molecule has 3 atom stereocenters. The SMILES string of the molecule is CC(NC(=O)C1CCCC(N)C1)c1ccc(Br)cc1.Cl. The van der Waals surface area contributed by atoms with Crippen molar-refractivity contribution >= 4 is 34.2 Å². The van der Waals surface area contributed by atoms with Gasteiger partial charge in [0, 0.05) is 16.4 Å². The largest absolute Gasteiger partial charge is 0.349 e. The summed E-state index contributed by atoms with van der Waals surface area (Å²) in [5, 5.41) is 3.10. The number of halogens is 2. The van der Waals surface area contributed by atoms with Crippen molar-refractivity contribution in [1.29, 1.82) is 0 Å². The molecule has 1 aromatic carbocycles. The Morgan fingerprint density at radius 3 is 2.60 bits per heavy atom. The summed E-state index contributed by atoms with van der Waals surface area (Å²) in [6.45, 7) is 2.02. The lowest BCUT2D eigenvalue weighted by molar-refractivity contribution is -0.126. The van der Waals surface area contributed by atoms with E-state index in [1.165, 1.54) is 0 Å². The first kappa shape index (κ1) is 17.5. The van der Waals surface area contributed by atoms with Crippen molar-refractivity contribution in [1.82, 2.24) is 5.32 Å². The standard InChI is InChI=1S/C15H21BrN2O.ClH/c1-10(11-5-7-13(16)8-6-11)18-15(19)12-3-2-4-14(17)9-12;/h5-8,10,12,14H,2-4,9,17H2,1H3,(H,18,19);1H. The summed E-state index contributed by atoms with van der Waals surface area (Å²) in [5.74, 6) is 0.229. The highest BCUT2D eigenvalue weighted by molar-refractivity contribution is 9.10. The van der Waals surface area contributed by atoms with E-state index >= 15 is 0 Å². The van der Waals surface area contributed by atoms with Crippen LogP contribution in [-0.2, 0) is 4.79 Å². The zero-order valence-electron chi connectivity index (χ0n) is 11.6. The van der Waals surface area contributed by atoms with E-state index in [4.69, 9.17) is 5.73 Å². The van der Waals surface area contributed by atoms with Gasteiger partial charge in [-0.2, -0.15) is 0 Å². The third-order valence-electron chi connectivity index (χ3n) is 3.81. The minimum absolute atomic E-state index is 0. The lowest BCUT2D eigenvalue weighted by atomic mass is 9.85. The van der Waals surface area contributed by atoms with Gasteiger partial charge in [-0.05, 0) is 43.9 Å². The number of hydrogen-bond acceptors (Lipinski definition) is 2. The zero-order chi connectivity index (χ0) is 13.8. The molecule has 2 rings (SSSR count). The van der Waals surface area contributed by atoms with E-state index in [0.717, 1.165) is 35.7 Å². The highest BCUT2D eigenvalue weighted by Crippen LogP contribution is 2.24. The molecule has 0 spiro atoms. The summed E-state index contributed by atoms with van der Waals surface area (Å²) >= 11 is 3.41. The fourth-order valence-electron chi connectivity index (χ4n) is 2.63. The molecule has 0 aromatic heterocycles. The van der Waals surface area contributed by atoms with Crippen LogP contribution < -0.4 is 11.1 Å². The van der Waals surface area contributed by atoms with Crippen LogP contribution in [0.1, 0.15) is 44.2 Å². The minimum Gasteiger partial charge on any atom is -0.349 e. The maximum absolute atomic E-state index is 12.2. The summed E-state index contributed by atoms with van der Waals surface area (Å²) in [5.41, 5.74) is 7.06. The van der Waals surface area contributed by atoms with Gasteiger partial charge >= 0.3 is 0 Å². The van der Waals surface area contributed by atoms with E-state index in [0.29, 0.717) is 0 Å². The number of nitrogens with one attached hydrogen (secondary N) is 1. The molecule has 112 valence electrons. The van der Waals surface area contributed by atoms with Gasteiger partial charge in [0.05, 0.1) is 6.04 Å². The van der Waals surface area contributed by atoms with Crippen LogP contribution in [0.25, 0.3) is 0 Å². The van der Waals surface area contributed by atoms with Crippen molar-refractivity contribution in [3.8, 4) is 0 Å². The first-order valence-electron chi connectivity index (χ1n) is 6.87. The Morgan fingerprint density at radius 1 is 1.35 bits per heavy atom. The Hall–Kier alpha value is -0.580. The average Bonchev–Trinajstić information content (AvgIpc) is 2.39. The second kappa shape index (κ2) is 8.01. The van der Waals surface area contributed by atoms with Crippen LogP contribution in [0.3, 0.4) is 0 Å². The molecule has 0 heterocycles. The molecule has 3 unspecified atom stereocenters. The van der Waals surface area contributed by atoms with Gasteiger partial charge in [-0.1, -0.05) is 34.5 Å². The predicted molar refractivity (Wildman–Crippen MR) is 87.9 cm³/mol. The van der Waals surface area contributed by atoms with Crippen LogP contribution in [0, 0.1) is 5.92 Å². The lowest BCUT2D eigenvalue weighted by Crippen LogP contribution is -2.38. The molecule has 5 heteroatoms. The Labute approximate surface area is 135 Å². The molecule has 0 aliphatic heterocycles. The molecule has 1 aliphatic rings. The average molecular weight is 362 g/mol. The normalized spacial score (nSPS) is 23.6. The summed E-state index contributed by atoms with van der Waals surface area (Å²) in [6.07, 6.45) is 3.89. The topological polar surface area (TPSA) is 55.1 Å². The minimum atomic E-state index is 0. The zero-order valence-corrected chi connectivity index (χ0v) is 14.0. The molecule has 0 saturated heterocycles. The van der Waals surface area contributed by atoms with Crippen molar-refractivity contribution in [2.45, 2.75) is 44.7 Å². The number of nitrogens with two attached hydrogens (primary N) is 1. The fourth-order valence-corrected chi connectivity index (χ4v) is 2.90. The van der Waals surface area contributed by atoms with E-state index in [9.17, 15) is 4.79 Å². The highest BCUT2D eigenvalue weighted by Gasteiger charge is 2.26. The molecule has 1 amide bonds. The fraction of sp³-hybridized carbons (Fsp3) is 0.533. The molecule has 20 heavy (non-hydrogen) atoms. The number of carbonyl (C=O) groups is 1. The van der Waals surface area contributed by atoms with Gasteiger partial charge in [0.2, 0.25) is 5.91 Å². The Balaban J connectivity index is 0.00000200. The lowest BCUT2D eigenvalue weighted by Gasteiger charge is -2.27. The van der Waals surface area contributed by atoms with E-state index in [1.54, 1.807) is 0 Å². The summed E-state index contributed by atoms with van der Waals surface area (Å²) in [4.78, 5) is 12.2. The molecule has 1 aromatic rings. The van der Waals surface area contributed by atoms with Gasteiger partial charge in [0.15, 0.2) is 0 Å². The van der Waals surface area contributed by atoms with Crippen molar-refractivity contribution in [3.63, 3.8) is 0 Å². The van der Waals surface area contributed by atoms with Crippen LogP contribution in [0.5, 0.6) is 0 Å². The van der Waals surface area contributed by atoms with Crippen molar-refractivity contribution in [2.75, 3.05) is 0 Å². The number of rotatable bonds is 3. The predicted octanol–water partition coefficient (Wildman–Crippen LogP) is 3.57. The first-order chi connectivity index (χ1) is 9.06. The monoisotopic (exact) mass is 360 g/mol. The second-order valence-corrected chi connectivity index (χ2v) is 6.32. The number of carbonyl (C=O) groups excluding carboxylic acids is 1. The Kier molecular flexibility index (Phi) is 7.00. The van der Waals surface area contributed by atoms with Gasteiger partial charge in [0.25, 0.3) is 0 Å². The molecule has 3 N–H and O–H groups in total. The molecule has 1 saturated carbocycles. The number of hydrogen-bond donors (Lipinski definition) is 2. The smallest absolute Gasteiger partial charge is 0.223 e. The van der Waals surface area contributed by atoms with Gasteiger partial charge in [-0.15, -0.1) is 12.4 Å². The van der Waals surface area contributed by atoms with E-state index in [2.05, 4.69) is 21.2 Å². The van der Waals surface area contributed by atoms with E-state index < -0.39 is 0 Å². The van der Waals surface area contributed by atoms with E-state index in [1.807, 2.05) is 31.2 Å². The van der Waals surface area contributed by atoms with Gasteiger partial charge in [-0.3, -0.25) is 4.79 Å². The third-order valence-corrected chi connectivity index (χ3v) is 4.34. The summed E-state index contributed by atoms with van der Waals surface area (Å²) in [6, 6.07) is 8.28. The molecular formula is C15H22BrClN2O. The van der Waals surface area contributed by atoms with E-state index in [-0.39, 0.29) is 36.3 Å². The van der Waals surface area contributed by atoms with Crippen molar-refractivity contribution < 1.29 is 4.79 Å². The van der Waals surface area contributed by atoms with Crippen molar-refractivity contribution in [3.05, 3.63) is 34.3 Å². The van der Waals surface area contributed by atoms with Crippen LogP contribution >= 0.6 is 28.3 Å². The molecule has 1 fully saturated rings. The van der Waals surface area contributed by atoms with Gasteiger partial charge < -0.3 is 11.1 Å². The molecule has 0 radical (unpaired) electrons. The highest BCUT2D eigenvalue weighted by atomic mass is 79.9. The summed E-state index contributed by atoms with van der Waals surface area (Å²) in [7, 11) is 0. The molecular weight excluding hydrogens is 340 g/mol. The van der Waals surface area contributed by atoms with Gasteiger partial charge in [-0.25, -0.2) is 0 Å². The van der Waals surface area contributed by atoms with Crippen LogP contribution in [0.15, 0.2) is 28.7 Å². The number of amides is 1. The quantitative estimate of drug-likeness (QED) is 0.865. The number of benzene rings is 1. The Bertz CT molecular complexity index is 438. The van der Waals surface area contributed by atoms with Gasteiger partial charge in [0.1, 0.15) is 0 Å². The maximum atomic E-state index is 12.2. The molecule has 0 bridgehead atoms. The van der Waals surface area contributed by atoms with Crippen LogP contribution in [0.4, 0.5) is 0 Å². The van der Waals surface area contributed by atoms with Crippen molar-refractivity contribution in [2.24, 2.45) is 11.7 Å². The Morgan fingerprint density at radius 2 is 2.00 bits per heavy atom. The van der Waals surface area contributed by atoms with Crippen LogP contribution in [-0.4, -0.2) is 11.9 Å². The molecule has 3 nitrogen and oxygen atoms in total.